The SMILES string of the molecule is Nc1ccccc1S[C@H]1CC(=O)N(c2ccc(Cl)cc2C(=O)c2ccccc2)C1=O. The van der Waals surface area contributed by atoms with Gasteiger partial charge in [-0.15, -0.1) is 11.8 Å². The number of amides is 2. The summed E-state index contributed by atoms with van der Waals surface area (Å²) in [5, 5.41) is -0.266. The number of nitrogen functional groups attached to an aromatic ring is 1. The van der Waals surface area contributed by atoms with Crippen LogP contribution in [-0.2, 0) is 9.59 Å². The zero-order chi connectivity index (χ0) is 21.3. The van der Waals surface area contributed by atoms with E-state index < -0.39 is 5.25 Å². The summed E-state index contributed by atoms with van der Waals surface area (Å²) in [5.41, 5.74) is 7.43. The molecule has 0 bridgehead atoms. The smallest absolute Gasteiger partial charge is 0.247 e. The van der Waals surface area contributed by atoms with Gasteiger partial charge in [0.25, 0.3) is 0 Å². The van der Waals surface area contributed by atoms with E-state index in [1.54, 1.807) is 42.5 Å². The molecule has 0 unspecified atom stereocenters. The van der Waals surface area contributed by atoms with Crippen LogP contribution in [0.2, 0.25) is 5.02 Å². The van der Waals surface area contributed by atoms with Gasteiger partial charge in [-0.3, -0.25) is 14.4 Å². The molecule has 3 aromatic rings. The first-order valence-electron chi connectivity index (χ1n) is 9.23. The average Bonchev–Trinajstić information content (AvgIpc) is 3.03. The lowest BCUT2D eigenvalue weighted by Crippen LogP contribution is -2.32. The zero-order valence-corrected chi connectivity index (χ0v) is 17.3. The number of nitrogens with zero attached hydrogens (tertiary/aromatic N) is 1. The number of imide groups is 1. The standard InChI is InChI=1S/C23H17ClN2O3S/c24-15-10-11-18(16(12-15)22(28)14-6-2-1-3-7-14)26-21(27)13-20(23(26)29)30-19-9-5-4-8-17(19)25/h1-12,20H,13,25H2/t20-/m0/s1. The lowest BCUT2D eigenvalue weighted by Gasteiger charge is -2.19. The van der Waals surface area contributed by atoms with Crippen LogP contribution in [0.15, 0.2) is 77.7 Å². The molecule has 1 fully saturated rings. The quantitative estimate of drug-likeness (QED) is 0.360. The lowest BCUT2D eigenvalue weighted by atomic mass is 10.0. The Bertz CT molecular complexity index is 1150. The third kappa shape index (κ3) is 3.84. The largest absolute Gasteiger partial charge is 0.398 e. The van der Waals surface area contributed by atoms with Crippen molar-refractivity contribution in [3.63, 3.8) is 0 Å². The molecule has 4 rings (SSSR count). The Balaban J connectivity index is 1.69. The number of thioether (sulfide) groups is 1. The van der Waals surface area contributed by atoms with E-state index in [2.05, 4.69) is 0 Å². The van der Waals surface area contributed by atoms with Gasteiger partial charge in [0, 0.05) is 33.2 Å². The van der Waals surface area contributed by atoms with Crippen LogP contribution in [0.25, 0.3) is 0 Å². The van der Waals surface area contributed by atoms with E-state index in [0.717, 1.165) is 9.80 Å². The third-order valence-corrected chi connectivity index (χ3v) is 6.29. The molecular weight excluding hydrogens is 420 g/mol. The van der Waals surface area contributed by atoms with Crippen molar-refractivity contribution in [1.82, 2.24) is 0 Å². The van der Waals surface area contributed by atoms with Crippen LogP contribution in [0.5, 0.6) is 0 Å². The van der Waals surface area contributed by atoms with Gasteiger partial charge in [0.15, 0.2) is 5.78 Å². The second-order valence-corrected chi connectivity index (χ2v) is 8.45. The maximum Gasteiger partial charge on any atom is 0.247 e. The molecule has 0 radical (unpaired) electrons. The van der Waals surface area contributed by atoms with Crippen molar-refractivity contribution in [2.45, 2.75) is 16.6 Å². The first kappa shape index (κ1) is 20.2. The van der Waals surface area contributed by atoms with E-state index in [4.69, 9.17) is 17.3 Å². The number of ketones is 1. The number of para-hydroxylation sites is 1. The lowest BCUT2D eigenvalue weighted by molar-refractivity contribution is -0.121. The fourth-order valence-electron chi connectivity index (χ4n) is 3.32. The van der Waals surface area contributed by atoms with Gasteiger partial charge in [0.05, 0.1) is 10.9 Å². The average molecular weight is 437 g/mol. The highest BCUT2D eigenvalue weighted by atomic mass is 35.5. The molecule has 1 aliphatic heterocycles. The van der Waals surface area contributed by atoms with Gasteiger partial charge in [-0.1, -0.05) is 54.1 Å². The predicted molar refractivity (Wildman–Crippen MR) is 119 cm³/mol. The van der Waals surface area contributed by atoms with Crippen molar-refractivity contribution in [2.75, 3.05) is 10.6 Å². The number of hydrogen-bond donors (Lipinski definition) is 1. The Kier molecular flexibility index (Phi) is 5.61. The number of nitrogens with two attached hydrogens (primary N) is 1. The summed E-state index contributed by atoms with van der Waals surface area (Å²) in [6, 6.07) is 20.5. The van der Waals surface area contributed by atoms with E-state index in [1.807, 2.05) is 18.2 Å². The minimum absolute atomic E-state index is 0.0272. The van der Waals surface area contributed by atoms with E-state index in [0.29, 0.717) is 16.3 Å². The number of anilines is 2. The summed E-state index contributed by atoms with van der Waals surface area (Å²) in [7, 11) is 0. The number of halogens is 1. The first-order valence-corrected chi connectivity index (χ1v) is 10.5. The number of benzene rings is 3. The molecule has 0 saturated carbocycles. The predicted octanol–water partition coefficient (Wildman–Crippen LogP) is 4.58. The van der Waals surface area contributed by atoms with Gasteiger partial charge in [-0.05, 0) is 30.3 Å². The molecule has 2 amide bonds. The van der Waals surface area contributed by atoms with Crippen molar-refractivity contribution in [2.24, 2.45) is 0 Å². The Morgan fingerprint density at radius 1 is 1.00 bits per heavy atom. The number of carbonyl (C=O) groups excluding carboxylic acids is 3. The Morgan fingerprint density at radius 3 is 2.43 bits per heavy atom. The molecule has 7 heteroatoms. The normalized spacial score (nSPS) is 16.2. The second-order valence-electron chi connectivity index (χ2n) is 6.77. The minimum atomic E-state index is -0.613. The molecule has 0 aromatic heterocycles. The summed E-state index contributed by atoms with van der Waals surface area (Å²) in [6.07, 6.45) is 0.0272. The molecule has 3 aromatic carbocycles. The van der Waals surface area contributed by atoms with Crippen LogP contribution >= 0.6 is 23.4 Å². The molecule has 0 aliphatic carbocycles. The minimum Gasteiger partial charge on any atom is -0.398 e. The fraction of sp³-hybridized carbons (Fsp3) is 0.0870. The summed E-state index contributed by atoms with van der Waals surface area (Å²) < 4.78 is 0. The zero-order valence-electron chi connectivity index (χ0n) is 15.7. The van der Waals surface area contributed by atoms with Gasteiger partial charge < -0.3 is 5.73 Å². The Morgan fingerprint density at radius 2 is 1.70 bits per heavy atom. The molecular formula is C23H17ClN2O3S. The van der Waals surface area contributed by atoms with Crippen LogP contribution in [0.1, 0.15) is 22.3 Å². The van der Waals surface area contributed by atoms with Gasteiger partial charge >= 0.3 is 0 Å². The summed E-state index contributed by atoms with van der Waals surface area (Å²) >= 11 is 7.38. The molecule has 1 aliphatic rings. The van der Waals surface area contributed by atoms with Crippen LogP contribution < -0.4 is 10.6 Å². The molecule has 2 N–H and O–H groups in total. The first-order chi connectivity index (χ1) is 14.5. The molecule has 30 heavy (non-hydrogen) atoms. The van der Waals surface area contributed by atoms with Gasteiger partial charge in [0.1, 0.15) is 0 Å². The van der Waals surface area contributed by atoms with Crippen molar-refractivity contribution in [3.8, 4) is 0 Å². The second kappa shape index (κ2) is 8.34. The van der Waals surface area contributed by atoms with Crippen LogP contribution in [0.4, 0.5) is 11.4 Å². The highest BCUT2D eigenvalue weighted by Gasteiger charge is 2.41. The molecule has 1 saturated heterocycles. The fourth-order valence-corrected chi connectivity index (χ4v) is 4.59. The Labute approximate surface area is 182 Å². The molecule has 150 valence electrons. The van der Waals surface area contributed by atoms with Crippen LogP contribution in [0, 0.1) is 0 Å². The van der Waals surface area contributed by atoms with E-state index in [9.17, 15) is 14.4 Å². The van der Waals surface area contributed by atoms with Gasteiger partial charge in [-0.25, -0.2) is 4.90 Å². The maximum absolute atomic E-state index is 13.1. The van der Waals surface area contributed by atoms with Gasteiger partial charge in [-0.2, -0.15) is 0 Å². The van der Waals surface area contributed by atoms with E-state index in [-0.39, 0.29) is 35.3 Å². The molecule has 1 heterocycles. The Hall–Kier alpha value is -3.09. The number of hydrogen-bond acceptors (Lipinski definition) is 5. The highest BCUT2D eigenvalue weighted by Crippen LogP contribution is 2.38. The maximum atomic E-state index is 13.1. The number of carbonyl (C=O) groups is 3. The summed E-state index contributed by atoms with van der Waals surface area (Å²) in [6.45, 7) is 0. The molecule has 0 spiro atoms. The monoisotopic (exact) mass is 436 g/mol. The van der Waals surface area contributed by atoms with Crippen molar-refractivity contribution < 1.29 is 14.4 Å². The van der Waals surface area contributed by atoms with E-state index in [1.165, 1.54) is 23.9 Å². The van der Waals surface area contributed by atoms with E-state index >= 15 is 0 Å². The highest BCUT2D eigenvalue weighted by molar-refractivity contribution is 8.00. The van der Waals surface area contributed by atoms with Crippen molar-refractivity contribution in [1.29, 1.82) is 0 Å². The van der Waals surface area contributed by atoms with Crippen LogP contribution in [0.3, 0.4) is 0 Å². The molecule has 1 atom stereocenters. The van der Waals surface area contributed by atoms with Crippen LogP contribution in [-0.4, -0.2) is 22.8 Å². The molecule has 5 nitrogen and oxygen atoms in total. The third-order valence-electron chi connectivity index (χ3n) is 4.77. The summed E-state index contributed by atoms with van der Waals surface area (Å²) in [5.74, 6) is -1.05. The van der Waals surface area contributed by atoms with Crippen molar-refractivity contribution >= 4 is 52.3 Å². The number of rotatable bonds is 5. The topological polar surface area (TPSA) is 80.5 Å². The van der Waals surface area contributed by atoms with Gasteiger partial charge in [0.2, 0.25) is 11.8 Å². The van der Waals surface area contributed by atoms with Crippen molar-refractivity contribution in [3.05, 3.63) is 88.9 Å². The summed E-state index contributed by atoms with van der Waals surface area (Å²) in [4.78, 5) is 40.8.